The summed E-state index contributed by atoms with van der Waals surface area (Å²) >= 11 is 0. The second-order valence-electron chi connectivity index (χ2n) is 4.52. The fourth-order valence-electron chi connectivity index (χ4n) is 1.94. The SMILES string of the molecule is COc1ccc(CNc2ccc(CCO)cc2)c(O)c1. The van der Waals surface area contributed by atoms with Crippen LogP contribution in [0.3, 0.4) is 0 Å². The monoisotopic (exact) mass is 273 g/mol. The Labute approximate surface area is 118 Å². The minimum absolute atomic E-state index is 0.159. The standard InChI is InChI=1S/C16H19NO3/c1-20-15-7-4-13(16(19)10-15)11-17-14-5-2-12(3-6-14)8-9-18/h2-7,10,17-19H,8-9,11H2,1H3. The Balaban J connectivity index is 1.97. The highest BCUT2D eigenvalue weighted by atomic mass is 16.5. The molecule has 0 heterocycles. The number of anilines is 1. The molecule has 0 aliphatic heterocycles. The lowest BCUT2D eigenvalue weighted by Gasteiger charge is -2.10. The topological polar surface area (TPSA) is 61.7 Å². The number of benzene rings is 2. The molecule has 0 fully saturated rings. The maximum atomic E-state index is 9.87. The maximum Gasteiger partial charge on any atom is 0.124 e. The lowest BCUT2D eigenvalue weighted by Crippen LogP contribution is -2.00. The summed E-state index contributed by atoms with van der Waals surface area (Å²) in [7, 11) is 1.57. The Morgan fingerprint density at radius 3 is 2.45 bits per heavy atom. The number of phenols is 1. The number of aromatic hydroxyl groups is 1. The highest BCUT2D eigenvalue weighted by Crippen LogP contribution is 2.24. The van der Waals surface area contributed by atoms with E-state index in [2.05, 4.69) is 5.32 Å². The van der Waals surface area contributed by atoms with Crippen LogP contribution < -0.4 is 10.1 Å². The smallest absolute Gasteiger partial charge is 0.124 e. The average Bonchev–Trinajstić information content (AvgIpc) is 2.48. The Kier molecular flexibility index (Phi) is 4.85. The van der Waals surface area contributed by atoms with Crippen LogP contribution in [0.5, 0.6) is 11.5 Å². The molecule has 0 bridgehead atoms. The van der Waals surface area contributed by atoms with Crippen molar-refractivity contribution in [2.45, 2.75) is 13.0 Å². The van der Waals surface area contributed by atoms with E-state index in [0.717, 1.165) is 16.8 Å². The largest absolute Gasteiger partial charge is 0.507 e. The predicted octanol–water partition coefficient (Wildman–Crippen LogP) is 2.55. The van der Waals surface area contributed by atoms with Crippen molar-refractivity contribution in [2.75, 3.05) is 19.0 Å². The van der Waals surface area contributed by atoms with Gasteiger partial charge in [-0.2, -0.15) is 0 Å². The van der Waals surface area contributed by atoms with Crippen LogP contribution in [0, 0.1) is 0 Å². The Morgan fingerprint density at radius 2 is 1.85 bits per heavy atom. The molecular formula is C16H19NO3. The molecule has 2 rings (SSSR count). The molecule has 106 valence electrons. The van der Waals surface area contributed by atoms with Crippen molar-refractivity contribution >= 4 is 5.69 Å². The number of rotatable bonds is 6. The van der Waals surface area contributed by atoms with E-state index >= 15 is 0 Å². The van der Waals surface area contributed by atoms with E-state index < -0.39 is 0 Å². The molecule has 0 spiro atoms. The molecule has 4 heteroatoms. The van der Waals surface area contributed by atoms with E-state index in [0.29, 0.717) is 18.7 Å². The number of aliphatic hydroxyl groups is 1. The quantitative estimate of drug-likeness (QED) is 0.757. The molecule has 0 aliphatic rings. The first-order chi connectivity index (χ1) is 9.72. The first-order valence-corrected chi connectivity index (χ1v) is 6.52. The van der Waals surface area contributed by atoms with E-state index in [1.54, 1.807) is 13.2 Å². The summed E-state index contributed by atoms with van der Waals surface area (Å²) in [6, 6.07) is 13.1. The fraction of sp³-hybridized carbons (Fsp3) is 0.250. The Hall–Kier alpha value is -2.20. The molecule has 20 heavy (non-hydrogen) atoms. The van der Waals surface area contributed by atoms with E-state index in [4.69, 9.17) is 9.84 Å². The lowest BCUT2D eigenvalue weighted by atomic mass is 10.1. The first-order valence-electron chi connectivity index (χ1n) is 6.52. The number of hydrogen-bond donors (Lipinski definition) is 3. The van der Waals surface area contributed by atoms with Gasteiger partial charge in [-0.3, -0.25) is 0 Å². The van der Waals surface area contributed by atoms with Gasteiger partial charge in [-0.1, -0.05) is 12.1 Å². The molecule has 0 atom stereocenters. The summed E-state index contributed by atoms with van der Waals surface area (Å²) in [6.07, 6.45) is 0.666. The third-order valence-corrected chi connectivity index (χ3v) is 3.13. The van der Waals surface area contributed by atoms with Crippen LogP contribution in [-0.2, 0) is 13.0 Å². The summed E-state index contributed by atoms with van der Waals surface area (Å²) in [5, 5.41) is 22.0. The molecular weight excluding hydrogens is 254 g/mol. The molecule has 2 aromatic carbocycles. The van der Waals surface area contributed by atoms with Gasteiger partial charge in [0, 0.05) is 30.5 Å². The third kappa shape index (κ3) is 3.65. The summed E-state index contributed by atoms with van der Waals surface area (Å²) in [5.74, 6) is 0.855. The normalized spacial score (nSPS) is 10.3. The first kappa shape index (κ1) is 14.2. The summed E-state index contributed by atoms with van der Waals surface area (Å²) in [6.45, 7) is 0.696. The summed E-state index contributed by atoms with van der Waals surface area (Å²) < 4.78 is 5.05. The van der Waals surface area contributed by atoms with Crippen molar-refractivity contribution < 1.29 is 14.9 Å². The molecule has 3 N–H and O–H groups in total. The molecule has 0 aliphatic carbocycles. The van der Waals surface area contributed by atoms with Crippen molar-refractivity contribution in [3.05, 3.63) is 53.6 Å². The van der Waals surface area contributed by atoms with Gasteiger partial charge in [-0.25, -0.2) is 0 Å². The van der Waals surface area contributed by atoms with Crippen molar-refractivity contribution in [3.8, 4) is 11.5 Å². The number of ether oxygens (including phenoxy) is 1. The minimum atomic E-state index is 0.159. The zero-order valence-electron chi connectivity index (χ0n) is 11.5. The zero-order valence-corrected chi connectivity index (χ0v) is 11.5. The number of methoxy groups -OCH3 is 1. The van der Waals surface area contributed by atoms with Crippen molar-refractivity contribution in [1.82, 2.24) is 0 Å². The van der Waals surface area contributed by atoms with Crippen LogP contribution in [0.1, 0.15) is 11.1 Å². The zero-order chi connectivity index (χ0) is 14.4. The van der Waals surface area contributed by atoms with Gasteiger partial charge in [-0.05, 0) is 36.2 Å². The molecule has 0 unspecified atom stereocenters. The number of phenolic OH excluding ortho intramolecular Hbond substituents is 1. The molecule has 0 aromatic heterocycles. The molecule has 0 saturated heterocycles. The number of aliphatic hydroxyl groups excluding tert-OH is 1. The minimum Gasteiger partial charge on any atom is -0.507 e. The van der Waals surface area contributed by atoms with Gasteiger partial charge < -0.3 is 20.3 Å². The van der Waals surface area contributed by atoms with Gasteiger partial charge in [0.25, 0.3) is 0 Å². The van der Waals surface area contributed by atoms with Gasteiger partial charge >= 0.3 is 0 Å². The van der Waals surface area contributed by atoms with Crippen LogP contribution in [0.2, 0.25) is 0 Å². The van der Waals surface area contributed by atoms with E-state index in [1.807, 2.05) is 36.4 Å². The van der Waals surface area contributed by atoms with Crippen molar-refractivity contribution in [3.63, 3.8) is 0 Å². The van der Waals surface area contributed by atoms with Crippen molar-refractivity contribution in [2.24, 2.45) is 0 Å². The van der Waals surface area contributed by atoms with Gasteiger partial charge in [0.15, 0.2) is 0 Å². The predicted molar refractivity (Wildman–Crippen MR) is 79.2 cm³/mol. The second kappa shape index (κ2) is 6.82. The Morgan fingerprint density at radius 1 is 1.10 bits per heavy atom. The highest BCUT2D eigenvalue weighted by molar-refractivity contribution is 5.47. The summed E-state index contributed by atoms with van der Waals surface area (Å²) in [4.78, 5) is 0. The van der Waals surface area contributed by atoms with Gasteiger partial charge in [-0.15, -0.1) is 0 Å². The van der Waals surface area contributed by atoms with Crippen molar-refractivity contribution in [1.29, 1.82) is 0 Å². The van der Waals surface area contributed by atoms with Crippen LogP contribution in [0.25, 0.3) is 0 Å². The lowest BCUT2D eigenvalue weighted by molar-refractivity contribution is 0.299. The van der Waals surface area contributed by atoms with E-state index in [1.165, 1.54) is 0 Å². The molecule has 4 nitrogen and oxygen atoms in total. The molecule has 2 aromatic rings. The van der Waals surface area contributed by atoms with Crippen LogP contribution in [-0.4, -0.2) is 23.9 Å². The van der Waals surface area contributed by atoms with E-state index in [-0.39, 0.29) is 12.4 Å². The molecule has 0 amide bonds. The van der Waals surface area contributed by atoms with Crippen LogP contribution in [0.15, 0.2) is 42.5 Å². The number of hydrogen-bond acceptors (Lipinski definition) is 4. The van der Waals surface area contributed by atoms with Gasteiger partial charge in [0.05, 0.1) is 7.11 Å². The maximum absolute atomic E-state index is 9.87. The Bertz CT molecular complexity index is 552. The third-order valence-electron chi connectivity index (χ3n) is 3.13. The highest BCUT2D eigenvalue weighted by Gasteiger charge is 2.03. The van der Waals surface area contributed by atoms with Crippen LogP contribution in [0.4, 0.5) is 5.69 Å². The van der Waals surface area contributed by atoms with E-state index in [9.17, 15) is 5.11 Å². The average molecular weight is 273 g/mol. The van der Waals surface area contributed by atoms with Gasteiger partial charge in [0.2, 0.25) is 0 Å². The molecule has 0 saturated carbocycles. The van der Waals surface area contributed by atoms with Crippen LogP contribution >= 0.6 is 0 Å². The number of nitrogens with one attached hydrogen (secondary N) is 1. The second-order valence-corrected chi connectivity index (χ2v) is 4.52. The van der Waals surface area contributed by atoms with Gasteiger partial charge in [0.1, 0.15) is 11.5 Å². The fourth-order valence-corrected chi connectivity index (χ4v) is 1.94. The molecule has 0 radical (unpaired) electrons. The summed E-state index contributed by atoms with van der Waals surface area (Å²) in [5.41, 5.74) is 2.89.